The van der Waals surface area contributed by atoms with E-state index in [1.807, 2.05) is 11.3 Å². The molecule has 1 heterocycles. The average Bonchev–Trinajstić information content (AvgIpc) is 2.95. The molecule has 1 unspecified atom stereocenters. The van der Waals surface area contributed by atoms with Crippen LogP contribution in [-0.2, 0) is 12.8 Å². The maximum atomic E-state index is 2.60. The minimum atomic E-state index is 0.687. The second kappa shape index (κ2) is 6.90. The van der Waals surface area contributed by atoms with E-state index in [1.54, 1.807) is 10.5 Å². The van der Waals surface area contributed by atoms with E-state index in [2.05, 4.69) is 70.4 Å². The Balaban J connectivity index is 1.63. The Morgan fingerprint density at radius 1 is 1.15 bits per heavy atom. The minimum absolute atomic E-state index is 0.687. The number of benzene rings is 1. The van der Waals surface area contributed by atoms with Crippen LogP contribution >= 0.6 is 33.9 Å². The van der Waals surface area contributed by atoms with Gasteiger partial charge in [0.1, 0.15) is 0 Å². The first kappa shape index (κ1) is 14.3. The van der Waals surface area contributed by atoms with Crippen LogP contribution in [0, 0.1) is 0 Å². The highest BCUT2D eigenvalue weighted by Crippen LogP contribution is 2.34. The number of hydrogen-bond donors (Lipinski definition) is 0. The van der Waals surface area contributed by atoms with Gasteiger partial charge in [0.25, 0.3) is 0 Å². The first-order valence-electron chi connectivity index (χ1n) is 7.26. The maximum Gasteiger partial charge on any atom is 0.0185 e. The smallest absolute Gasteiger partial charge is 0.0185 e. The molecule has 0 saturated carbocycles. The first-order valence-corrected chi connectivity index (χ1v) is 9.39. The summed E-state index contributed by atoms with van der Waals surface area (Å²) >= 11 is 4.52. The standard InChI is InChI=1S/C18H19IS/c19-16(13-14-5-2-1-3-6-14)10-9-15-7-4-8-18-17(15)11-12-20-18/h1-3,5-6,9,11-12,16H,4,7-8,10,13H2/b15-9+. The average molecular weight is 394 g/mol. The summed E-state index contributed by atoms with van der Waals surface area (Å²) in [5.74, 6) is 0. The number of hydrogen-bond acceptors (Lipinski definition) is 1. The van der Waals surface area contributed by atoms with E-state index < -0.39 is 0 Å². The highest BCUT2D eigenvalue weighted by atomic mass is 127. The molecule has 0 aliphatic heterocycles. The predicted octanol–water partition coefficient (Wildman–Crippen LogP) is 5.90. The minimum Gasteiger partial charge on any atom is -0.148 e. The summed E-state index contributed by atoms with van der Waals surface area (Å²) in [4.78, 5) is 1.59. The van der Waals surface area contributed by atoms with Crippen molar-refractivity contribution < 1.29 is 0 Å². The lowest BCUT2D eigenvalue weighted by Crippen LogP contribution is -2.03. The largest absolute Gasteiger partial charge is 0.148 e. The quantitative estimate of drug-likeness (QED) is 0.447. The Bertz CT molecular complexity index is 582. The number of alkyl halides is 1. The molecule has 1 atom stereocenters. The Kier molecular flexibility index (Phi) is 4.94. The molecule has 3 rings (SSSR count). The first-order chi connectivity index (χ1) is 9.83. The van der Waals surface area contributed by atoms with Gasteiger partial charge in [-0.1, -0.05) is 59.0 Å². The Morgan fingerprint density at radius 2 is 2.00 bits per heavy atom. The molecule has 2 heteroatoms. The number of fused-ring (bicyclic) bond motifs is 1. The van der Waals surface area contributed by atoms with Gasteiger partial charge < -0.3 is 0 Å². The van der Waals surface area contributed by atoms with Crippen LogP contribution in [0.2, 0.25) is 0 Å². The molecule has 0 saturated heterocycles. The molecule has 2 aromatic rings. The topological polar surface area (TPSA) is 0 Å². The van der Waals surface area contributed by atoms with Crippen molar-refractivity contribution in [2.24, 2.45) is 0 Å². The molecular formula is C18H19IS. The molecule has 0 spiro atoms. The molecule has 1 aromatic heterocycles. The van der Waals surface area contributed by atoms with Crippen LogP contribution in [0.15, 0.2) is 47.9 Å². The van der Waals surface area contributed by atoms with Crippen molar-refractivity contribution in [3.63, 3.8) is 0 Å². The van der Waals surface area contributed by atoms with Gasteiger partial charge in [0.2, 0.25) is 0 Å². The van der Waals surface area contributed by atoms with E-state index in [1.165, 1.54) is 43.2 Å². The van der Waals surface area contributed by atoms with Crippen molar-refractivity contribution in [2.75, 3.05) is 0 Å². The molecule has 20 heavy (non-hydrogen) atoms. The van der Waals surface area contributed by atoms with E-state index >= 15 is 0 Å². The van der Waals surface area contributed by atoms with Gasteiger partial charge in [-0.2, -0.15) is 0 Å². The molecule has 0 nitrogen and oxygen atoms in total. The Labute approximate surface area is 139 Å². The zero-order chi connectivity index (χ0) is 13.8. The van der Waals surface area contributed by atoms with Crippen LogP contribution in [0.4, 0.5) is 0 Å². The van der Waals surface area contributed by atoms with Crippen LogP contribution in [-0.4, -0.2) is 3.92 Å². The van der Waals surface area contributed by atoms with E-state index in [9.17, 15) is 0 Å². The summed E-state index contributed by atoms with van der Waals surface area (Å²) in [7, 11) is 0. The summed E-state index contributed by atoms with van der Waals surface area (Å²) < 4.78 is 0.687. The van der Waals surface area contributed by atoms with Crippen molar-refractivity contribution in [3.05, 3.63) is 63.9 Å². The van der Waals surface area contributed by atoms with E-state index in [0.29, 0.717) is 3.92 Å². The fourth-order valence-corrected chi connectivity index (χ4v) is 4.55. The number of rotatable bonds is 4. The summed E-state index contributed by atoms with van der Waals surface area (Å²) in [6.45, 7) is 0. The molecular weight excluding hydrogens is 375 g/mol. The predicted molar refractivity (Wildman–Crippen MR) is 97.8 cm³/mol. The van der Waals surface area contributed by atoms with Gasteiger partial charge >= 0.3 is 0 Å². The lowest BCUT2D eigenvalue weighted by molar-refractivity contribution is 0.828. The molecule has 1 aliphatic rings. The van der Waals surface area contributed by atoms with Crippen molar-refractivity contribution in [3.8, 4) is 0 Å². The molecule has 0 N–H and O–H groups in total. The molecule has 1 aromatic carbocycles. The molecule has 0 radical (unpaired) electrons. The molecule has 0 fully saturated rings. The highest BCUT2D eigenvalue weighted by molar-refractivity contribution is 14.1. The third-order valence-electron chi connectivity index (χ3n) is 3.86. The zero-order valence-corrected chi connectivity index (χ0v) is 14.5. The number of allylic oxidation sites excluding steroid dienone is 2. The van der Waals surface area contributed by atoms with Crippen molar-refractivity contribution >= 4 is 39.5 Å². The van der Waals surface area contributed by atoms with Gasteiger partial charge in [0.05, 0.1) is 0 Å². The fraction of sp³-hybridized carbons (Fsp3) is 0.333. The van der Waals surface area contributed by atoms with Crippen LogP contribution in [0.1, 0.15) is 35.3 Å². The summed E-state index contributed by atoms with van der Waals surface area (Å²) in [5, 5.41) is 2.25. The number of halogens is 1. The second-order valence-electron chi connectivity index (χ2n) is 5.36. The van der Waals surface area contributed by atoms with Crippen LogP contribution in [0.5, 0.6) is 0 Å². The van der Waals surface area contributed by atoms with Gasteiger partial charge in [-0.15, -0.1) is 11.3 Å². The van der Waals surface area contributed by atoms with Crippen LogP contribution < -0.4 is 0 Å². The third kappa shape index (κ3) is 3.53. The van der Waals surface area contributed by atoms with Crippen LogP contribution in [0.25, 0.3) is 5.57 Å². The highest BCUT2D eigenvalue weighted by Gasteiger charge is 2.15. The molecule has 1 aliphatic carbocycles. The van der Waals surface area contributed by atoms with Crippen molar-refractivity contribution in [1.82, 2.24) is 0 Å². The lowest BCUT2D eigenvalue weighted by Gasteiger charge is -2.16. The van der Waals surface area contributed by atoms with Gasteiger partial charge in [-0.3, -0.25) is 0 Å². The monoisotopic (exact) mass is 394 g/mol. The second-order valence-corrected chi connectivity index (χ2v) is 8.13. The lowest BCUT2D eigenvalue weighted by atomic mass is 9.92. The fourth-order valence-electron chi connectivity index (χ4n) is 2.83. The summed E-state index contributed by atoms with van der Waals surface area (Å²) in [6.07, 6.45) is 8.71. The zero-order valence-electron chi connectivity index (χ0n) is 11.5. The van der Waals surface area contributed by atoms with E-state index in [-0.39, 0.29) is 0 Å². The maximum absolute atomic E-state index is 2.60. The van der Waals surface area contributed by atoms with E-state index in [0.717, 1.165) is 0 Å². The SMILES string of the molecule is IC(C/C=C1\CCCc2sccc21)Cc1ccccc1. The van der Waals surface area contributed by atoms with Crippen molar-refractivity contribution in [1.29, 1.82) is 0 Å². The normalized spacial score (nSPS) is 17.9. The number of thiophene rings is 1. The molecule has 104 valence electrons. The van der Waals surface area contributed by atoms with Crippen LogP contribution in [0.3, 0.4) is 0 Å². The van der Waals surface area contributed by atoms with E-state index in [4.69, 9.17) is 0 Å². The molecule has 0 bridgehead atoms. The Hall–Kier alpha value is -0.610. The Morgan fingerprint density at radius 3 is 2.85 bits per heavy atom. The van der Waals surface area contributed by atoms with Gasteiger partial charge in [-0.05, 0) is 60.3 Å². The van der Waals surface area contributed by atoms with Gasteiger partial charge in [0.15, 0.2) is 0 Å². The summed E-state index contributed by atoms with van der Waals surface area (Å²) in [5.41, 5.74) is 4.57. The van der Waals surface area contributed by atoms with Gasteiger partial charge in [0, 0.05) is 8.80 Å². The molecule has 0 amide bonds. The summed E-state index contributed by atoms with van der Waals surface area (Å²) in [6, 6.07) is 13.1. The van der Waals surface area contributed by atoms with Gasteiger partial charge in [-0.25, -0.2) is 0 Å². The number of aryl methyl sites for hydroxylation is 1. The van der Waals surface area contributed by atoms with Crippen molar-refractivity contribution in [2.45, 2.75) is 36.0 Å². The third-order valence-corrected chi connectivity index (χ3v) is 5.79.